The Morgan fingerprint density at radius 2 is 1.64 bits per heavy atom. The maximum atomic E-state index is 10.7. The maximum Gasteiger partial charge on any atom is 0.189 e. The van der Waals surface area contributed by atoms with Gasteiger partial charge in [-0.2, -0.15) is 0 Å². The van der Waals surface area contributed by atoms with Crippen LogP contribution in [0.15, 0.2) is 0 Å². The van der Waals surface area contributed by atoms with Crippen molar-refractivity contribution in [3.8, 4) is 0 Å². The van der Waals surface area contributed by atoms with E-state index < -0.39 is 36.8 Å². The number of hydrogen-bond donors (Lipinski definition) is 6. The molecule has 0 aromatic heterocycles. The lowest BCUT2D eigenvalue weighted by molar-refractivity contribution is -0.146. The lowest BCUT2D eigenvalue weighted by atomic mass is 10.0. The summed E-state index contributed by atoms with van der Waals surface area (Å²) in [6, 6.07) is 0. The number of hydrogen-bond acceptors (Lipinski definition) is 7. The van der Waals surface area contributed by atoms with E-state index in [1.165, 1.54) is 0 Å². The normalized spacial score (nSPS) is 19.9. The third-order valence-electron chi connectivity index (χ3n) is 1.79. The van der Waals surface area contributed by atoms with Gasteiger partial charge in [0.05, 0.1) is 6.10 Å². The van der Waals surface area contributed by atoms with Crippen molar-refractivity contribution in [3.05, 3.63) is 0 Å². The van der Waals surface area contributed by atoms with Gasteiger partial charge in [-0.25, -0.2) is 0 Å². The fraction of sp³-hybridized carbons (Fsp3) is 0.857. The van der Waals surface area contributed by atoms with E-state index >= 15 is 0 Å². The summed E-state index contributed by atoms with van der Waals surface area (Å²) in [5.41, 5.74) is 4.98. The molecular formula is C7H15NO6. The topological polar surface area (TPSA) is 144 Å². The van der Waals surface area contributed by atoms with Crippen LogP contribution in [0.1, 0.15) is 0 Å². The molecule has 0 heterocycles. The van der Waals surface area contributed by atoms with Crippen molar-refractivity contribution in [2.24, 2.45) is 5.73 Å². The van der Waals surface area contributed by atoms with Crippen LogP contribution in [0.3, 0.4) is 0 Å². The third-order valence-corrected chi connectivity index (χ3v) is 1.79. The Kier molecular flexibility index (Phi) is 5.77. The van der Waals surface area contributed by atoms with Crippen molar-refractivity contribution in [1.82, 2.24) is 0 Å². The zero-order valence-electron chi connectivity index (χ0n) is 7.45. The summed E-state index contributed by atoms with van der Waals surface area (Å²) in [6.07, 6.45) is -6.97. The molecule has 0 aliphatic heterocycles. The third kappa shape index (κ3) is 3.29. The first-order valence-electron chi connectivity index (χ1n) is 4.01. The summed E-state index contributed by atoms with van der Waals surface area (Å²) >= 11 is 0. The molecule has 0 aromatic carbocycles. The van der Waals surface area contributed by atoms with Crippen LogP contribution in [-0.2, 0) is 4.79 Å². The highest BCUT2D eigenvalue weighted by atomic mass is 16.4. The molecule has 84 valence electrons. The van der Waals surface area contributed by atoms with Gasteiger partial charge in [-0.15, -0.1) is 0 Å². The molecule has 4 atom stereocenters. The first kappa shape index (κ1) is 13.4. The van der Waals surface area contributed by atoms with E-state index in [0.717, 1.165) is 0 Å². The van der Waals surface area contributed by atoms with E-state index in [2.05, 4.69) is 0 Å². The van der Waals surface area contributed by atoms with Crippen LogP contribution in [0, 0.1) is 0 Å². The minimum Gasteiger partial charge on any atom is -0.389 e. The average Bonchev–Trinajstić information content (AvgIpc) is 2.23. The summed E-state index contributed by atoms with van der Waals surface area (Å²) in [7, 11) is 0. The van der Waals surface area contributed by atoms with Gasteiger partial charge in [-0.3, -0.25) is 4.79 Å². The monoisotopic (exact) mass is 209 g/mol. The molecule has 7 heteroatoms. The van der Waals surface area contributed by atoms with Crippen LogP contribution < -0.4 is 5.73 Å². The minimum absolute atomic E-state index is 0.321. The minimum atomic E-state index is -1.93. The maximum absolute atomic E-state index is 10.7. The van der Waals surface area contributed by atoms with Gasteiger partial charge in [0.2, 0.25) is 0 Å². The van der Waals surface area contributed by atoms with Gasteiger partial charge < -0.3 is 31.3 Å². The summed E-state index contributed by atoms with van der Waals surface area (Å²) in [5, 5.41) is 44.6. The van der Waals surface area contributed by atoms with Gasteiger partial charge in [0.1, 0.15) is 24.9 Å². The van der Waals surface area contributed by atoms with Crippen LogP contribution >= 0.6 is 0 Å². The summed E-state index contributed by atoms with van der Waals surface area (Å²) in [5.74, 6) is -1.04. The molecule has 0 aliphatic rings. The van der Waals surface area contributed by atoms with E-state index in [1.807, 2.05) is 0 Å². The molecule has 0 unspecified atom stereocenters. The van der Waals surface area contributed by atoms with Gasteiger partial charge in [0.15, 0.2) is 5.78 Å². The van der Waals surface area contributed by atoms with Crippen LogP contribution in [0.5, 0.6) is 0 Å². The molecule has 0 spiro atoms. The molecule has 7 nitrogen and oxygen atoms in total. The standard InChI is InChI=1S/C7H15NO6/c8-1-3(10)5(12)7(14)6(13)4(11)2-9/h3,5-7,9-10,12-14H,1-2,8H2/t3-,5-,6+,7-/m1/s1. The number of nitrogens with two attached hydrogens (primary N) is 1. The molecule has 0 saturated heterocycles. The zero-order valence-corrected chi connectivity index (χ0v) is 7.45. The molecule has 0 aromatic rings. The Balaban J connectivity index is 4.30. The molecule has 0 rings (SSSR count). The van der Waals surface area contributed by atoms with Crippen molar-refractivity contribution in [3.63, 3.8) is 0 Å². The number of aliphatic hydroxyl groups excluding tert-OH is 5. The second-order valence-electron chi connectivity index (χ2n) is 2.85. The molecular weight excluding hydrogens is 194 g/mol. The van der Waals surface area contributed by atoms with Crippen LogP contribution in [0.4, 0.5) is 0 Å². The Labute approximate surface area is 80.4 Å². The fourth-order valence-corrected chi connectivity index (χ4v) is 0.838. The van der Waals surface area contributed by atoms with Crippen LogP contribution in [-0.4, -0.2) is 68.9 Å². The molecule has 0 saturated carbocycles. The number of ketones is 1. The Morgan fingerprint density at radius 3 is 2.00 bits per heavy atom. The van der Waals surface area contributed by atoms with Crippen molar-refractivity contribution in [2.75, 3.05) is 13.2 Å². The SMILES string of the molecule is NC[C@@H](O)[C@@H](O)[C@@H](O)[C@@H](O)C(=O)CO. The molecule has 0 fully saturated rings. The van der Waals surface area contributed by atoms with Crippen molar-refractivity contribution in [1.29, 1.82) is 0 Å². The lowest BCUT2D eigenvalue weighted by Gasteiger charge is -2.24. The average molecular weight is 209 g/mol. The van der Waals surface area contributed by atoms with Crippen LogP contribution in [0.25, 0.3) is 0 Å². The second-order valence-corrected chi connectivity index (χ2v) is 2.85. The highest BCUT2D eigenvalue weighted by molar-refractivity contribution is 5.84. The summed E-state index contributed by atoms with van der Waals surface area (Å²) in [4.78, 5) is 10.7. The number of rotatable bonds is 6. The van der Waals surface area contributed by atoms with E-state index in [1.54, 1.807) is 0 Å². The number of aliphatic hydroxyl groups is 5. The van der Waals surface area contributed by atoms with E-state index in [0.29, 0.717) is 0 Å². The summed E-state index contributed by atoms with van der Waals surface area (Å²) < 4.78 is 0. The predicted octanol–water partition coefficient (Wildman–Crippen LogP) is -4.05. The number of carbonyl (C=O) groups excluding carboxylic acids is 1. The second kappa shape index (κ2) is 6.02. The summed E-state index contributed by atoms with van der Waals surface area (Å²) in [6.45, 7) is -1.28. The van der Waals surface area contributed by atoms with Gasteiger partial charge in [-0.05, 0) is 0 Å². The first-order chi connectivity index (χ1) is 6.45. The van der Waals surface area contributed by atoms with Crippen molar-refractivity contribution in [2.45, 2.75) is 24.4 Å². The zero-order chi connectivity index (χ0) is 11.3. The number of carbonyl (C=O) groups is 1. The number of Topliss-reactive ketones (excluding diaryl/α,β-unsaturated/α-hetero) is 1. The highest BCUT2D eigenvalue weighted by Crippen LogP contribution is 2.05. The molecule has 0 bridgehead atoms. The molecule has 0 amide bonds. The smallest absolute Gasteiger partial charge is 0.189 e. The van der Waals surface area contributed by atoms with Crippen molar-refractivity contribution >= 4 is 5.78 Å². The first-order valence-corrected chi connectivity index (χ1v) is 4.01. The molecule has 0 radical (unpaired) electrons. The Hall–Kier alpha value is -0.570. The Morgan fingerprint density at radius 1 is 1.14 bits per heavy atom. The van der Waals surface area contributed by atoms with Crippen molar-refractivity contribution < 1.29 is 30.3 Å². The largest absolute Gasteiger partial charge is 0.389 e. The van der Waals surface area contributed by atoms with Gasteiger partial charge in [0.25, 0.3) is 0 Å². The van der Waals surface area contributed by atoms with Gasteiger partial charge in [0, 0.05) is 6.54 Å². The molecule has 14 heavy (non-hydrogen) atoms. The molecule has 7 N–H and O–H groups in total. The fourth-order valence-electron chi connectivity index (χ4n) is 0.838. The Bertz CT molecular complexity index is 187. The molecule has 0 aliphatic carbocycles. The lowest BCUT2D eigenvalue weighted by Crippen LogP contribution is -2.50. The van der Waals surface area contributed by atoms with Gasteiger partial charge >= 0.3 is 0 Å². The highest BCUT2D eigenvalue weighted by Gasteiger charge is 2.33. The van der Waals surface area contributed by atoms with E-state index in [9.17, 15) is 4.79 Å². The van der Waals surface area contributed by atoms with E-state index in [4.69, 9.17) is 31.3 Å². The van der Waals surface area contributed by atoms with E-state index in [-0.39, 0.29) is 6.54 Å². The van der Waals surface area contributed by atoms with Gasteiger partial charge in [-0.1, -0.05) is 0 Å². The van der Waals surface area contributed by atoms with Crippen LogP contribution in [0.2, 0.25) is 0 Å². The predicted molar refractivity (Wildman–Crippen MR) is 45.2 cm³/mol. The quantitative estimate of drug-likeness (QED) is 0.261.